The van der Waals surface area contributed by atoms with E-state index >= 15 is 0 Å². The van der Waals surface area contributed by atoms with Gasteiger partial charge in [-0.1, -0.05) is 48.5 Å². The second-order valence-electron chi connectivity index (χ2n) is 8.57. The molecule has 0 aliphatic carbocycles. The van der Waals surface area contributed by atoms with Crippen molar-refractivity contribution in [3.63, 3.8) is 0 Å². The molecule has 1 aliphatic rings. The normalized spacial score (nSPS) is 15.2. The van der Waals surface area contributed by atoms with Gasteiger partial charge in [-0.25, -0.2) is 0 Å². The van der Waals surface area contributed by atoms with Crippen LogP contribution in [0.1, 0.15) is 24.1 Å². The maximum atomic E-state index is 13.4. The Morgan fingerprint density at radius 2 is 1.58 bits per heavy atom. The minimum absolute atomic E-state index is 0.208. The number of nitrogens with one attached hydrogen (secondary N) is 2. The van der Waals surface area contributed by atoms with E-state index in [1.807, 2.05) is 48.5 Å². The van der Waals surface area contributed by atoms with Crippen molar-refractivity contribution < 1.29 is 23.9 Å². The van der Waals surface area contributed by atoms with Gasteiger partial charge in [-0.3, -0.25) is 14.4 Å². The average Bonchev–Trinajstić information content (AvgIpc) is 3.00. The van der Waals surface area contributed by atoms with Gasteiger partial charge in [0.2, 0.25) is 11.8 Å². The van der Waals surface area contributed by atoms with E-state index in [0.717, 1.165) is 22.4 Å². The zero-order chi connectivity index (χ0) is 25.8. The van der Waals surface area contributed by atoms with Crippen LogP contribution in [-0.2, 0) is 20.9 Å². The highest BCUT2D eigenvalue weighted by molar-refractivity contribution is 6.07. The summed E-state index contributed by atoms with van der Waals surface area (Å²) in [6.45, 7) is 1.73. The summed E-state index contributed by atoms with van der Waals surface area (Å²) < 4.78 is 10.5. The fraction of sp³-hybridized carbons (Fsp3) is 0.250. The molecule has 186 valence electrons. The number of anilines is 1. The van der Waals surface area contributed by atoms with Crippen molar-refractivity contribution in [2.75, 3.05) is 26.2 Å². The van der Waals surface area contributed by atoms with Gasteiger partial charge in [0.15, 0.2) is 11.5 Å². The van der Waals surface area contributed by atoms with Gasteiger partial charge in [-0.15, -0.1) is 0 Å². The SMILES string of the molecule is COc1ccc(CNC(=O)[C@@H](C)C(=O)N[C@H]2C(=O)N(C)c3ccccc3-c3ccccc32)cc1OC. The van der Waals surface area contributed by atoms with Gasteiger partial charge in [0, 0.05) is 19.2 Å². The molecule has 0 spiro atoms. The number of hydrogen-bond acceptors (Lipinski definition) is 5. The summed E-state index contributed by atoms with van der Waals surface area (Å²) in [5.74, 6) is -1.15. The van der Waals surface area contributed by atoms with Crippen molar-refractivity contribution >= 4 is 23.4 Å². The second-order valence-corrected chi connectivity index (χ2v) is 8.57. The molecule has 0 unspecified atom stereocenters. The van der Waals surface area contributed by atoms with Crippen LogP contribution < -0.4 is 25.0 Å². The number of fused-ring (bicyclic) bond motifs is 3. The average molecular weight is 488 g/mol. The Morgan fingerprint density at radius 3 is 2.31 bits per heavy atom. The van der Waals surface area contributed by atoms with E-state index in [1.54, 1.807) is 37.3 Å². The van der Waals surface area contributed by atoms with E-state index < -0.39 is 23.8 Å². The summed E-state index contributed by atoms with van der Waals surface area (Å²) in [6, 6.07) is 19.5. The molecule has 8 nitrogen and oxygen atoms in total. The number of para-hydroxylation sites is 1. The van der Waals surface area contributed by atoms with Gasteiger partial charge >= 0.3 is 0 Å². The molecule has 8 heteroatoms. The van der Waals surface area contributed by atoms with Crippen LogP contribution >= 0.6 is 0 Å². The summed E-state index contributed by atoms with van der Waals surface area (Å²) >= 11 is 0. The molecule has 1 heterocycles. The maximum absolute atomic E-state index is 13.4. The predicted molar refractivity (Wildman–Crippen MR) is 137 cm³/mol. The number of hydrogen-bond donors (Lipinski definition) is 2. The van der Waals surface area contributed by atoms with E-state index in [9.17, 15) is 14.4 Å². The molecule has 0 aromatic heterocycles. The highest BCUT2D eigenvalue weighted by Crippen LogP contribution is 2.39. The Balaban J connectivity index is 1.49. The fourth-order valence-electron chi connectivity index (χ4n) is 4.29. The molecule has 2 atom stereocenters. The highest BCUT2D eigenvalue weighted by Gasteiger charge is 2.35. The quantitative estimate of drug-likeness (QED) is 0.498. The first-order valence-electron chi connectivity index (χ1n) is 11.6. The van der Waals surface area contributed by atoms with Gasteiger partial charge in [-0.05, 0) is 41.8 Å². The summed E-state index contributed by atoms with van der Waals surface area (Å²) in [6.07, 6.45) is 0. The molecule has 36 heavy (non-hydrogen) atoms. The molecular weight excluding hydrogens is 458 g/mol. The van der Waals surface area contributed by atoms with Crippen molar-refractivity contribution in [2.45, 2.75) is 19.5 Å². The molecule has 3 amide bonds. The van der Waals surface area contributed by atoms with Crippen LogP contribution in [-0.4, -0.2) is 39.0 Å². The Bertz CT molecular complexity index is 1310. The van der Waals surface area contributed by atoms with Crippen molar-refractivity contribution in [3.05, 3.63) is 77.9 Å². The van der Waals surface area contributed by atoms with Crippen LogP contribution in [0.25, 0.3) is 11.1 Å². The maximum Gasteiger partial charge on any atom is 0.253 e. The van der Waals surface area contributed by atoms with Crippen molar-refractivity contribution in [1.82, 2.24) is 10.6 Å². The summed E-state index contributed by atoms with van der Waals surface area (Å²) in [5, 5.41) is 5.59. The van der Waals surface area contributed by atoms with Crippen molar-refractivity contribution in [2.24, 2.45) is 5.92 Å². The van der Waals surface area contributed by atoms with Gasteiger partial charge in [0.1, 0.15) is 12.0 Å². The molecule has 0 radical (unpaired) electrons. The zero-order valence-electron chi connectivity index (χ0n) is 20.7. The number of benzene rings is 3. The van der Waals surface area contributed by atoms with Crippen LogP contribution in [0.3, 0.4) is 0 Å². The molecule has 1 aliphatic heterocycles. The third-order valence-corrected chi connectivity index (χ3v) is 6.39. The summed E-state index contributed by atoms with van der Waals surface area (Å²) in [4.78, 5) is 40.9. The molecule has 3 aromatic carbocycles. The minimum Gasteiger partial charge on any atom is -0.493 e. The standard InChI is InChI=1S/C28H29N3O5/c1-17(26(32)29-16-18-13-14-23(35-3)24(15-18)36-4)27(33)30-25-21-11-6-5-9-19(21)20-10-7-8-12-22(20)31(2)28(25)34/h5-15,17,25H,16H2,1-4H3,(H,29,32)(H,30,33)/t17-,25-/m1/s1. The molecule has 0 bridgehead atoms. The van der Waals surface area contributed by atoms with Gasteiger partial charge < -0.3 is 25.0 Å². The fourth-order valence-corrected chi connectivity index (χ4v) is 4.29. The molecule has 0 saturated heterocycles. The largest absolute Gasteiger partial charge is 0.493 e. The van der Waals surface area contributed by atoms with E-state index in [1.165, 1.54) is 14.0 Å². The summed E-state index contributed by atoms with van der Waals surface area (Å²) in [7, 11) is 4.77. The molecule has 2 N–H and O–H groups in total. The first kappa shape index (κ1) is 24.8. The van der Waals surface area contributed by atoms with Crippen LogP contribution in [0, 0.1) is 5.92 Å². The lowest BCUT2D eigenvalue weighted by Crippen LogP contribution is -2.45. The van der Waals surface area contributed by atoms with Gasteiger partial charge in [0.05, 0.1) is 19.9 Å². The molecule has 0 fully saturated rings. The number of likely N-dealkylation sites (N-methyl/N-ethyl adjacent to an activating group) is 1. The Kier molecular flexibility index (Phi) is 7.24. The number of nitrogens with zero attached hydrogens (tertiary/aromatic N) is 1. The van der Waals surface area contributed by atoms with Crippen LogP contribution in [0.15, 0.2) is 66.7 Å². The lowest BCUT2D eigenvalue weighted by atomic mass is 9.95. The van der Waals surface area contributed by atoms with E-state index in [4.69, 9.17) is 9.47 Å². The number of ether oxygens (including phenoxy) is 2. The Labute approximate surface area is 210 Å². The number of amides is 3. The molecule has 4 rings (SSSR count). The zero-order valence-corrected chi connectivity index (χ0v) is 20.7. The van der Waals surface area contributed by atoms with Gasteiger partial charge in [0.25, 0.3) is 5.91 Å². The lowest BCUT2D eigenvalue weighted by molar-refractivity contribution is -0.136. The molecule has 0 saturated carbocycles. The van der Waals surface area contributed by atoms with Gasteiger partial charge in [-0.2, -0.15) is 0 Å². The smallest absolute Gasteiger partial charge is 0.253 e. The predicted octanol–water partition coefficient (Wildman–Crippen LogP) is 3.46. The van der Waals surface area contributed by atoms with Crippen LogP contribution in [0.2, 0.25) is 0 Å². The number of rotatable bonds is 7. The number of carbonyl (C=O) groups excluding carboxylic acids is 3. The van der Waals surface area contributed by atoms with Crippen LogP contribution in [0.4, 0.5) is 5.69 Å². The lowest BCUT2D eigenvalue weighted by Gasteiger charge is -2.24. The third kappa shape index (κ3) is 4.75. The first-order valence-corrected chi connectivity index (χ1v) is 11.6. The Hall–Kier alpha value is -4.33. The van der Waals surface area contributed by atoms with E-state index in [2.05, 4.69) is 10.6 Å². The van der Waals surface area contributed by atoms with Crippen molar-refractivity contribution in [1.29, 1.82) is 0 Å². The second kappa shape index (κ2) is 10.5. The monoisotopic (exact) mass is 487 g/mol. The van der Waals surface area contributed by atoms with Crippen molar-refractivity contribution in [3.8, 4) is 22.6 Å². The third-order valence-electron chi connectivity index (χ3n) is 6.39. The first-order chi connectivity index (χ1) is 17.3. The van der Waals surface area contributed by atoms with E-state index in [0.29, 0.717) is 17.1 Å². The highest BCUT2D eigenvalue weighted by atomic mass is 16.5. The number of methoxy groups -OCH3 is 2. The molecular formula is C28H29N3O5. The minimum atomic E-state index is -1.01. The van der Waals surface area contributed by atoms with Crippen LogP contribution in [0.5, 0.6) is 11.5 Å². The Morgan fingerprint density at radius 1 is 0.917 bits per heavy atom. The summed E-state index contributed by atoms with van der Waals surface area (Å²) in [5.41, 5.74) is 4.00. The molecule has 3 aromatic rings. The topological polar surface area (TPSA) is 97.0 Å². The number of carbonyl (C=O) groups is 3. The van der Waals surface area contributed by atoms with E-state index in [-0.39, 0.29) is 12.5 Å².